The Labute approximate surface area is 332 Å². The summed E-state index contributed by atoms with van der Waals surface area (Å²) < 4.78 is 2.23. The molecule has 7 aromatic carbocycles. The Hall–Kier alpha value is -7.73. The van der Waals surface area contributed by atoms with E-state index in [1.165, 1.54) is 0 Å². The summed E-state index contributed by atoms with van der Waals surface area (Å²) in [7, 11) is 0. The summed E-state index contributed by atoms with van der Waals surface area (Å²) in [6.45, 7) is 7.43. The predicted octanol–water partition coefficient (Wildman–Crippen LogP) is 12.6. The van der Waals surface area contributed by atoms with E-state index in [0.29, 0.717) is 40.6 Å². The highest BCUT2D eigenvalue weighted by atomic mass is 32.1. The molecule has 0 saturated carbocycles. The first-order valence-corrected chi connectivity index (χ1v) is 19.2. The standard InChI is InChI=1S/C49H29N7S/c1-50-38-20-11-19-36(29-38)31-23-25-35(26-24-31)47-52-46(34-17-9-4-10-18-34)55-49(56-47)40-21-12-22-41-43(40)39-28-27-37(30-42(39)57-41)48-53-44(32-13-5-2-6-14-32)51-45(54-48)33-15-7-3-8-16-33/h2-30H. The average Bonchev–Trinajstić information content (AvgIpc) is 3.68. The maximum absolute atomic E-state index is 7.43. The van der Waals surface area contributed by atoms with E-state index in [0.717, 1.165) is 64.7 Å². The van der Waals surface area contributed by atoms with Crippen LogP contribution in [0.2, 0.25) is 0 Å². The van der Waals surface area contributed by atoms with Crippen LogP contribution in [-0.2, 0) is 0 Å². The van der Waals surface area contributed by atoms with Gasteiger partial charge < -0.3 is 0 Å². The summed E-state index contributed by atoms with van der Waals surface area (Å²) in [6, 6.07) is 58.6. The molecule has 0 aliphatic carbocycles. The first-order valence-electron chi connectivity index (χ1n) is 18.4. The average molecular weight is 748 g/mol. The Morgan fingerprint density at radius 3 is 1.37 bits per heavy atom. The molecule has 0 bridgehead atoms. The van der Waals surface area contributed by atoms with Crippen LogP contribution in [-0.4, -0.2) is 29.9 Å². The van der Waals surface area contributed by atoms with Gasteiger partial charge in [-0.2, -0.15) is 0 Å². The lowest BCUT2D eigenvalue weighted by Gasteiger charge is -2.10. The number of aromatic nitrogens is 6. The number of nitrogens with zero attached hydrogens (tertiary/aromatic N) is 7. The topological polar surface area (TPSA) is 81.7 Å². The Morgan fingerprint density at radius 1 is 0.351 bits per heavy atom. The Balaban J connectivity index is 1.09. The lowest BCUT2D eigenvalue weighted by Crippen LogP contribution is -2.00. The van der Waals surface area contributed by atoms with Gasteiger partial charge in [0.15, 0.2) is 40.6 Å². The van der Waals surface area contributed by atoms with E-state index < -0.39 is 0 Å². The molecule has 0 saturated heterocycles. The van der Waals surface area contributed by atoms with Gasteiger partial charge in [-0.15, -0.1) is 11.3 Å². The largest absolute Gasteiger partial charge is 0.238 e. The first-order chi connectivity index (χ1) is 28.2. The number of rotatable bonds is 7. The van der Waals surface area contributed by atoms with E-state index >= 15 is 0 Å². The van der Waals surface area contributed by atoms with E-state index in [2.05, 4.69) is 41.2 Å². The van der Waals surface area contributed by atoms with Gasteiger partial charge in [0.25, 0.3) is 0 Å². The molecule has 7 nitrogen and oxygen atoms in total. The molecule has 0 radical (unpaired) electrons. The summed E-state index contributed by atoms with van der Waals surface area (Å²) >= 11 is 1.72. The molecule has 3 heterocycles. The van der Waals surface area contributed by atoms with E-state index in [4.69, 9.17) is 36.5 Å². The Kier molecular flexibility index (Phi) is 8.60. The van der Waals surface area contributed by atoms with Crippen LogP contribution in [0.1, 0.15) is 0 Å². The molecule has 10 rings (SSSR count). The molecule has 0 unspecified atom stereocenters. The van der Waals surface area contributed by atoms with Gasteiger partial charge in [0, 0.05) is 53.6 Å². The number of hydrogen-bond donors (Lipinski definition) is 0. The highest BCUT2D eigenvalue weighted by Gasteiger charge is 2.19. The van der Waals surface area contributed by atoms with Gasteiger partial charge in [-0.1, -0.05) is 158 Å². The van der Waals surface area contributed by atoms with Crippen molar-refractivity contribution in [1.29, 1.82) is 0 Å². The third-order valence-corrected chi connectivity index (χ3v) is 10.9. The fourth-order valence-corrected chi connectivity index (χ4v) is 8.17. The smallest absolute Gasteiger partial charge is 0.187 e. The molecule has 0 aliphatic heterocycles. The zero-order valence-corrected chi connectivity index (χ0v) is 31.1. The third-order valence-electron chi connectivity index (χ3n) is 9.81. The summed E-state index contributed by atoms with van der Waals surface area (Å²) in [4.78, 5) is 33.6. The second-order valence-electron chi connectivity index (χ2n) is 13.4. The van der Waals surface area contributed by atoms with Crippen LogP contribution in [0.25, 0.3) is 104 Å². The molecule has 0 N–H and O–H groups in total. The minimum absolute atomic E-state index is 0.581. The van der Waals surface area contributed by atoms with Crippen LogP contribution in [0.4, 0.5) is 5.69 Å². The molecule has 0 amide bonds. The summed E-state index contributed by atoms with van der Waals surface area (Å²) in [5.41, 5.74) is 8.08. The second kappa shape index (κ2) is 14.5. The third kappa shape index (κ3) is 6.59. The predicted molar refractivity (Wildman–Crippen MR) is 230 cm³/mol. The van der Waals surface area contributed by atoms with Crippen molar-refractivity contribution >= 4 is 37.2 Å². The van der Waals surface area contributed by atoms with E-state index in [-0.39, 0.29) is 0 Å². The van der Waals surface area contributed by atoms with Crippen LogP contribution < -0.4 is 0 Å². The van der Waals surface area contributed by atoms with E-state index in [1.807, 2.05) is 140 Å². The van der Waals surface area contributed by atoms with Crippen molar-refractivity contribution in [2.24, 2.45) is 0 Å². The lowest BCUT2D eigenvalue weighted by molar-refractivity contribution is 1.07. The zero-order valence-electron chi connectivity index (χ0n) is 30.3. The van der Waals surface area contributed by atoms with Gasteiger partial charge in [0.05, 0.1) is 6.57 Å². The molecule has 0 spiro atoms. The quantitative estimate of drug-likeness (QED) is 0.151. The van der Waals surface area contributed by atoms with Crippen molar-refractivity contribution < 1.29 is 0 Å². The van der Waals surface area contributed by atoms with Gasteiger partial charge in [0.1, 0.15) is 0 Å². The molecule has 3 aromatic heterocycles. The van der Waals surface area contributed by atoms with Crippen LogP contribution >= 0.6 is 11.3 Å². The SMILES string of the molecule is [C-]#[N+]c1cccc(-c2ccc(-c3nc(-c4ccccc4)nc(-c4cccc5sc6cc(-c7nc(-c8ccccc8)nc(-c8ccccc8)n7)ccc6c45)n3)cc2)c1. The molecule has 0 aliphatic rings. The van der Waals surface area contributed by atoms with Gasteiger partial charge in [-0.05, 0) is 29.3 Å². The van der Waals surface area contributed by atoms with Crippen LogP contribution in [0, 0.1) is 6.57 Å². The second-order valence-corrected chi connectivity index (χ2v) is 14.5. The zero-order chi connectivity index (χ0) is 38.1. The van der Waals surface area contributed by atoms with Crippen LogP contribution in [0.3, 0.4) is 0 Å². The van der Waals surface area contributed by atoms with E-state index in [9.17, 15) is 0 Å². The molecule has 57 heavy (non-hydrogen) atoms. The summed E-state index contributed by atoms with van der Waals surface area (Å²) in [6.07, 6.45) is 0. The molecular formula is C49H29N7S. The van der Waals surface area contributed by atoms with Crippen molar-refractivity contribution in [3.05, 3.63) is 187 Å². The molecule has 0 atom stereocenters. The fourth-order valence-electron chi connectivity index (χ4n) is 7.00. The van der Waals surface area contributed by atoms with Crippen LogP contribution in [0.15, 0.2) is 176 Å². The summed E-state index contributed by atoms with van der Waals surface area (Å²) in [5.74, 6) is 3.64. The Morgan fingerprint density at radius 2 is 0.807 bits per heavy atom. The minimum atomic E-state index is 0.581. The monoisotopic (exact) mass is 747 g/mol. The van der Waals surface area contributed by atoms with Crippen molar-refractivity contribution in [2.75, 3.05) is 0 Å². The fraction of sp³-hybridized carbons (Fsp3) is 0. The van der Waals surface area contributed by atoms with Crippen LogP contribution in [0.5, 0.6) is 0 Å². The van der Waals surface area contributed by atoms with Gasteiger partial charge in [-0.3, -0.25) is 0 Å². The number of thiophene rings is 1. The lowest BCUT2D eigenvalue weighted by atomic mass is 10.0. The van der Waals surface area contributed by atoms with Gasteiger partial charge >= 0.3 is 0 Å². The van der Waals surface area contributed by atoms with Crippen molar-refractivity contribution in [2.45, 2.75) is 0 Å². The number of fused-ring (bicyclic) bond motifs is 3. The Bertz CT molecular complexity index is 3060. The van der Waals surface area contributed by atoms with Gasteiger partial charge in [0.2, 0.25) is 0 Å². The highest BCUT2D eigenvalue weighted by Crippen LogP contribution is 2.41. The maximum atomic E-state index is 7.43. The van der Waals surface area contributed by atoms with E-state index in [1.54, 1.807) is 11.3 Å². The van der Waals surface area contributed by atoms with Crippen molar-refractivity contribution in [3.63, 3.8) is 0 Å². The van der Waals surface area contributed by atoms with Crippen molar-refractivity contribution in [3.8, 4) is 79.5 Å². The number of hydrogen-bond acceptors (Lipinski definition) is 7. The number of benzene rings is 7. The molecule has 10 aromatic rings. The highest BCUT2D eigenvalue weighted by molar-refractivity contribution is 7.26. The minimum Gasteiger partial charge on any atom is -0.238 e. The maximum Gasteiger partial charge on any atom is 0.187 e. The normalized spacial score (nSPS) is 11.1. The van der Waals surface area contributed by atoms with Gasteiger partial charge in [-0.25, -0.2) is 34.7 Å². The molecule has 8 heteroatoms. The summed E-state index contributed by atoms with van der Waals surface area (Å²) in [5, 5.41) is 2.19. The molecular weight excluding hydrogens is 719 g/mol. The molecule has 266 valence electrons. The molecule has 0 fully saturated rings. The first kappa shape index (κ1) is 33.8. The van der Waals surface area contributed by atoms with Crippen molar-refractivity contribution in [1.82, 2.24) is 29.9 Å².